The van der Waals surface area contributed by atoms with Gasteiger partial charge in [0.2, 0.25) is 5.91 Å². The van der Waals surface area contributed by atoms with Crippen molar-refractivity contribution in [2.24, 2.45) is 5.73 Å². The molecule has 0 spiro atoms. The largest absolute Gasteiger partial charge is 0.366 e. The lowest BCUT2D eigenvalue weighted by molar-refractivity contribution is 0.1000. The third-order valence-electron chi connectivity index (χ3n) is 5.26. The van der Waals surface area contributed by atoms with Gasteiger partial charge in [-0.15, -0.1) is 11.3 Å². The molecule has 0 bridgehead atoms. The van der Waals surface area contributed by atoms with Crippen LogP contribution in [0.2, 0.25) is 0 Å². The van der Waals surface area contributed by atoms with E-state index in [0.29, 0.717) is 11.3 Å². The maximum atomic E-state index is 11.3. The molecule has 2 N–H and O–H groups in total. The van der Waals surface area contributed by atoms with E-state index in [0.717, 1.165) is 29.7 Å². The SMILES string of the molecule is C/C(=C(/C)C(CCc1nc(C=O)cs1)c1ccccc1)c1ccc(C(N)=O)cc1.CC. The minimum Gasteiger partial charge on any atom is -0.366 e. The predicted molar refractivity (Wildman–Crippen MR) is 130 cm³/mol. The number of nitrogens with two attached hydrogens (primary N) is 1. The number of thiazole rings is 1. The fourth-order valence-corrected chi connectivity index (χ4v) is 4.21. The van der Waals surface area contributed by atoms with E-state index in [2.05, 4.69) is 43.1 Å². The van der Waals surface area contributed by atoms with Crippen LogP contribution in [0.15, 0.2) is 65.6 Å². The van der Waals surface area contributed by atoms with Crippen LogP contribution in [-0.4, -0.2) is 17.2 Å². The molecule has 2 aromatic carbocycles. The number of aryl methyl sites for hydroxylation is 1. The van der Waals surface area contributed by atoms with Crippen molar-refractivity contribution in [1.82, 2.24) is 4.98 Å². The molecule has 0 aliphatic heterocycles. The maximum Gasteiger partial charge on any atom is 0.248 e. The lowest BCUT2D eigenvalue weighted by Gasteiger charge is -2.21. The fraction of sp³-hybridized carbons (Fsp3) is 0.269. The number of aromatic nitrogens is 1. The minimum atomic E-state index is -0.421. The third-order valence-corrected chi connectivity index (χ3v) is 6.18. The molecular formula is C26H30N2O2S. The van der Waals surface area contributed by atoms with Gasteiger partial charge >= 0.3 is 0 Å². The van der Waals surface area contributed by atoms with Gasteiger partial charge in [0.25, 0.3) is 0 Å². The highest BCUT2D eigenvalue weighted by atomic mass is 32.1. The van der Waals surface area contributed by atoms with Gasteiger partial charge in [0.15, 0.2) is 6.29 Å². The Kier molecular flexibility index (Phi) is 9.35. The van der Waals surface area contributed by atoms with Crippen LogP contribution in [0.5, 0.6) is 0 Å². The lowest BCUT2D eigenvalue weighted by atomic mass is 9.84. The number of primary amides is 1. The summed E-state index contributed by atoms with van der Waals surface area (Å²) in [4.78, 5) is 26.6. The molecule has 0 aliphatic rings. The molecule has 1 aromatic heterocycles. The molecule has 162 valence electrons. The molecule has 0 aliphatic carbocycles. The van der Waals surface area contributed by atoms with Gasteiger partial charge in [0, 0.05) is 23.3 Å². The van der Waals surface area contributed by atoms with Gasteiger partial charge in [0.05, 0.1) is 5.01 Å². The highest BCUT2D eigenvalue weighted by Crippen LogP contribution is 2.34. The molecule has 31 heavy (non-hydrogen) atoms. The van der Waals surface area contributed by atoms with E-state index < -0.39 is 5.91 Å². The molecule has 4 nitrogen and oxygen atoms in total. The van der Waals surface area contributed by atoms with Crippen molar-refractivity contribution in [3.63, 3.8) is 0 Å². The zero-order chi connectivity index (χ0) is 22.8. The molecule has 0 radical (unpaired) electrons. The van der Waals surface area contributed by atoms with Crippen LogP contribution in [0.3, 0.4) is 0 Å². The number of rotatable bonds is 8. The van der Waals surface area contributed by atoms with Crippen LogP contribution in [0.1, 0.15) is 77.0 Å². The summed E-state index contributed by atoms with van der Waals surface area (Å²) in [6.45, 7) is 8.27. The van der Waals surface area contributed by atoms with Gasteiger partial charge in [-0.3, -0.25) is 9.59 Å². The van der Waals surface area contributed by atoms with Crippen molar-refractivity contribution in [2.75, 3.05) is 0 Å². The zero-order valence-electron chi connectivity index (χ0n) is 18.6. The number of nitrogens with zero attached hydrogens (tertiary/aromatic N) is 1. The van der Waals surface area contributed by atoms with E-state index in [1.54, 1.807) is 17.5 Å². The van der Waals surface area contributed by atoms with Gasteiger partial charge in [0.1, 0.15) is 5.69 Å². The van der Waals surface area contributed by atoms with E-state index in [-0.39, 0.29) is 5.92 Å². The molecule has 1 atom stereocenters. The molecule has 3 aromatic rings. The number of hydrogen-bond donors (Lipinski definition) is 1. The molecular weight excluding hydrogens is 404 g/mol. The summed E-state index contributed by atoms with van der Waals surface area (Å²) in [5, 5.41) is 2.78. The molecule has 1 unspecified atom stereocenters. The van der Waals surface area contributed by atoms with Crippen molar-refractivity contribution < 1.29 is 9.59 Å². The summed E-state index contributed by atoms with van der Waals surface area (Å²) in [5.41, 5.74) is 11.1. The van der Waals surface area contributed by atoms with Crippen molar-refractivity contribution in [3.8, 4) is 0 Å². The van der Waals surface area contributed by atoms with Gasteiger partial charge in [-0.05, 0) is 49.1 Å². The van der Waals surface area contributed by atoms with E-state index >= 15 is 0 Å². The molecule has 3 rings (SSSR count). The normalized spacial score (nSPS) is 12.3. The Morgan fingerprint density at radius 2 is 1.65 bits per heavy atom. The highest BCUT2D eigenvalue weighted by Gasteiger charge is 2.17. The molecule has 0 saturated heterocycles. The summed E-state index contributed by atoms with van der Waals surface area (Å²) in [6, 6.07) is 17.8. The first kappa shape index (κ1) is 24.2. The predicted octanol–water partition coefficient (Wildman–Crippen LogP) is 6.29. The second-order valence-corrected chi connectivity index (χ2v) is 7.98. The number of amides is 1. The number of benzene rings is 2. The van der Waals surface area contributed by atoms with Crippen LogP contribution in [0, 0.1) is 0 Å². The fourth-order valence-electron chi connectivity index (χ4n) is 3.45. The number of allylic oxidation sites excluding steroid dienone is 2. The topological polar surface area (TPSA) is 73.1 Å². The smallest absolute Gasteiger partial charge is 0.248 e. The minimum absolute atomic E-state index is 0.232. The first-order valence-corrected chi connectivity index (χ1v) is 11.4. The Morgan fingerprint density at radius 3 is 2.19 bits per heavy atom. The quantitative estimate of drug-likeness (QED) is 0.423. The first-order valence-electron chi connectivity index (χ1n) is 10.5. The average molecular weight is 435 g/mol. The second kappa shape index (κ2) is 12.0. The number of hydrogen-bond acceptors (Lipinski definition) is 4. The second-order valence-electron chi connectivity index (χ2n) is 7.04. The van der Waals surface area contributed by atoms with Gasteiger partial charge in [-0.25, -0.2) is 4.98 Å². The van der Waals surface area contributed by atoms with Crippen LogP contribution in [0.4, 0.5) is 0 Å². The number of carbonyl (C=O) groups excluding carboxylic acids is 2. The number of aldehydes is 1. The van der Waals surface area contributed by atoms with E-state index in [4.69, 9.17) is 5.73 Å². The van der Waals surface area contributed by atoms with Crippen LogP contribution < -0.4 is 5.73 Å². The van der Waals surface area contributed by atoms with Gasteiger partial charge in [-0.1, -0.05) is 61.9 Å². The lowest BCUT2D eigenvalue weighted by Crippen LogP contribution is -2.10. The Bertz CT molecular complexity index is 1020. The summed E-state index contributed by atoms with van der Waals surface area (Å²) in [5.74, 6) is -0.189. The summed E-state index contributed by atoms with van der Waals surface area (Å²) >= 11 is 1.53. The summed E-state index contributed by atoms with van der Waals surface area (Å²) in [6.07, 6.45) is 2.50. The van der Waals surface area contributed by atoms with Crippen molar-refractivity contribution in [3.05, 3.63) is 92.9 Å². The van der Waals surface area contributed by atoms with Crippen molar-refractivity contribution in [2.45, 2.75) is 46.5 Å². The van der Waals surface area contributed by atoms with Gasteiger partial charge in [-0.2, -0.15) is 0 Å². The van der Waals surface area contributed by atoms with Gasteiger partial charge < -0.3 is 5.73 Å². The molecule has 0 fully saturated rings. The Balaban J connectivity index is 0.00000166. The summed E-state index contributed by atoms with van der Waals surface area (Å²) < 4.78 is 0. The highest BCUT2D eigenvalue weighted by molar-refractivity contribution is 7.09. The Morgan fingerprint density at radius 1 is 1.03 bits per heavy atom. The molecule has 1 amide bonds. The Labute approximate surface area is 188 Å². The molecule has 0 saturated carbocycles. The average Bonchev–Trinajstić information content (AvgIpc) is 3.29. The van der Waals surface area contributed by atoms with Crippen molar-refractivity contribution in [1.29, 1.82) is 0 Å². The molecule has 5 heteroatoms. The standard InChI is InChI=1S/C24H24N2O2S.C2H6/c1-16(18-8-10-20(11-9-18)24(25)28)17(2)22(19-6-4-3-5-7-19)12-13-23-26-21(14-27)15-29-23;1-2/h3-11,14-15,22H,12-13H2,1-2H3,(H2,25,28);1-2H3/b17-16+;. The van der Waals surface area contributed by atoms with Crippen LogP contribution in [-0.2, 0) is 6.42 Å². The van der Waals surface area contributed by atoms with E-state index in [1.807, 2.05) is 32.0 Å². The monoisotopic (exact) mass is 434 g/mol. The summed E-state index contributed by atoms with van der Waals surface area (Å²) in [7, 11) is 0. The zero-order valence-corrected chi connectivity index (χ0v) is 19.4. The van der Waals surface area contributed by atoms with Crippen LogP contribution >= 0.6 is 11.3 Å². The van der Waals surface area contributed by atoms with E-state index in [1.165, 1.54) is 28.0 Å². The number of carbonyl (C=O) groups is 2. The van der Waals surface area contributed by atoms with Crippen molar-refractivity contribution >= 4 is 29.1 Å². The van der Waals surface area contributed by atoms with E-state index in [9.17, 15) is 9.59 Å². The third kappa shape index (κ3) is 6.46. The first-order chi connectivity index (χ1) is 15.0. The maximum absolute atomic E-state index is 11.3. The Hall–Kier alpha value is -3.05. The van der Waals surface area contributed by atoms with Crippen LogP contribution in [0.25, 0.3) is 5.57 Å². The molecule has 1 heterocycles.